The molecule has 1 aliphatic rings. The molecule has 1 aliphatic heterocycles. The van der Waals surface area contributed by atoms with E-state index in [-0.39, 0.29) is 19.5 Å². The zero-order valence-corrected chi connectivity index (χ0v) is 9.54. The number of carbonyl (C=O) groups excluding carboxylic acids is 1. The Morgan fingerprint density at radius 1 is 1.41 bits per heavy atom. The molecule has 1 rings (SSSR count). The number of carboxylic acid groups (broad SMARTS) is 1. The van der Waals surface area contributed by atoms with Gasteiger partial charge >= 0.3 is 12.1 Å². The number of hydrogen-bond acceptors (Lipinski definition) is 2. The van der Waals surface area contributed by atoms with Crippen LogP contribution in [0.15, 0.2) is 0 Å². The van der Waals surface area contributed by atoms with E-state index < -0.39 is 29.4 Å². The molecule has 1 fully saturated rings. The van der Waals surface area contributed by atoms with Crippen LogP contribution >= 0.6 is 0 Å². The maximum Gasteiger partial charge on any atom is 0.400 e. The number of likely N-dealkylation sites (tertiary alicyclic amines) is 1. The lowest BCUT2D eigenvalue weighted by atomic mass is 9.90. The van der Waals surface area contributed by atoms with Crippen LogP contribution in [0.1, 0.15) is 20.3 Å². The summed E-state index contributed by atoms with van der Waals surface area (Å²) < 4.78 is 37.0. The molecule has 0 aromatic rings. The van der Waals surface area contributed by atoms with Crippen molar-refractivity contribution in [3.63, 3.8) is 0 Å². The number of amides is 1. The van der Waals surface area contributed by atoms with Gasteiger partial charge < -0.3 is 10.0 Å². The van der Waals surface area contributed by atoms with Gasteiger partial charge in [-0.1, -0.05) is 0 Å². The second-order valence-electron chi connectivity index (χ2n) is 4.64. The second kappa shape index (κ2) is 4.19. The van der Waals surface area contributed by atoms with E-state index in [1.54, 1.807) is 0 Å². The molecular weight excluding hydrogens is 239 g/mol. The standard InChI is InChI=1S/C10H14F3NO3/c1-6(10(11,12)13)7(15)14-4-3-9(2,5-14)8(16)17/h6H,3-5H2,1-2H3,(H,16,17). The van der Waals surface area contributed by atoms with E-state index in [1.807, 2.05) is 0 Å². The lowest BCUT2D eigenvalue weighted by Gasteiger charge is -2.24. The fraction of sp³-hybridized carbons (Fsp3) is 0.800. The molecule has 0 spiro atoms. The summed E-state index contributed by atoms with van der Waals surface area (Å²) in [7, 11) is 0. The molecule has 0 bridgehead atoms. The van der Waals surface area contributed by atoms with Crippen LogP contribution in [-0.4, -0.2) is 41.1 Å². The molecule has 0 aromatic carbocycles. The van der Waals surface area contributed by atoms with Gasteiger partial charge in [0.25, 0.3) is 0 Å². The highest BCUT2D eigenvalue weighted by Crippen LogP contribution is 2.34. The third-order valence-electron chi connectivity index (χ3n) is 3.16. The van der Waals surface area contributed by atoms with Gasteiger partial charge in [0.05, 0.1) is 5.41 Å². The average molecular weight is 253 g/mol. The fourth-order valence-corrected chi connectivity index (χ4v) is 1.74. The SMILES string of the molecule is CC(C(=O)N1CCC(C)(C(=O)O)C1)C(F)(F)F. The molecule has 0 radical (unpaired) electrons. The van der Waals surface area contributed by atoms with E-state index in [0.29, 0.717) is 0 Å². The number of hydrogen-bond donors (Lipinski definition) is 1. The monoisotopic (exact) mass is 253 g/mol. The molecule has 1 saturated heterocycles. The molecule has 17 heavy (non-hydrogen) atoms. The van der Waals surface area contributed by atoms with Crippen LogP contribution in [0.3, 0.4) is 0 Å². The van der Waals surface area contributed by atoms with E-state index >= 15 is 0 Å². The Morgan fingerprint density at radius 3 is 2.29 bits per heavy atom. The normalized spacial score (nSPS) is 27.0. The van der Waals surface area contributed by atoms with Gasteiger partial charge in [-0.05, 0) is 20.3 Å². The van der Waals surface area contributed by atoms with Crippen molar-refractivity contribution in [2.75, 3.05) is 13.1 Å². The second-order valence-corrected chi connectivity index (χ2v) is 4.64. The number of halogens is 3. The summed E-state index contributed by atoms with van der Waals surface area (Å²) >= 11 is 0. The third kappa shape index (κ3) is 2.70. The number of alkyl halides is 3. The van der Waals surface area contributed by atoms with E-state index in [9.17, 15) is 22.8 Å². The number of aliphatic carboxylic acids is 1. The van der Waals surface area contributed by atoms with Crippen molar-refractivity contribution in [2.45, 2.75) is 26.4 Å². The maximum absolute atomic E-state index is 12.3. The van der Waals surface area contributed by atoms with Gasteiger partial charge in [-0.2, -0.15) is 13.2 Å². The minimum Gasteiger partial charge on any atom is -0.481 e. The Bertz CT molecular complexity index is 342. The maximum atomic E-state index is 12.3. The Morgan fingerprint density at radius 2 is 1.94 bits per heavy atom. The molecule has 0 saturated carbocycles. The summed E-state index contributed by atoms with van der Waals surface area (Å²) in [6.45, 7) is 2.11. The zero-order chi connectivity index (χ0) is 13.4. The summed E-state index contributed by atoms with van der Waals surface area (Å²) in [5, 5.41) is 8.91. The van der Waals surface area contributed by atoms with Crippen molar-refractivity contribution in [1.82, 2.24) is 4.90 Å². The van der Waals surface area contributed by atoms with E-state index in [0.717, 1.165) is 11.8 Å². The van der Waals surface area contributed by atoms with Crippen LogP contribution in [0.2, 0.25) is 0 Å². The Hall–Kier alpha value is -1.27. The summed E-state index contributed by atoms with van der Waals surface area (Å²) in [6.07, 6.45) is -4.40. The Labute approximate surface area is 96.4 Å². The van der Waals surface area contributed by atoms with Crippen molar-refractivity contribution >= 4 is 11.9 Å². The predicted octanol–water partition coefficient (Wildman–Crippen LogP) is 1.51. The van der Waals surface area contributed by atoms with Crippen LogP contribution in [0.25, 0.3) is 0 Å². The van der Waals surface area contributed by atoms with Crippen LogP contribution < -0.4 is 0 Å². The van der Waals surface area contributed by atoms with Crippen molar-refractivity contribution in [2.24, 2.45) is 11.3 Å². The fourth-order valence-electron chi connectivity index (χ4n) is 1.74. The molecule has 98 valence electrons. The van der Waals surface area contributed by atoms with Gasteiger partial charge in [0.15, 0.2) is 0 Å². The topological polar surface area (TPSA) is 57.6 Å². The van der Waals surface area contributed by atoms with Gasteiger partial charge in [0.1, 0.15) is 5.92 Å². The van der Waals surface area contributed by atoms with Gasteiger partial charge in [0, 0.05) is 13.1 Å². The van der Waals surface area contributed by atoms with Crippen LogP contribution in [0.5, 0.6) is 0 Å². The molecule has 1 heterocycles. The summed E-state index contributed by atoms with van der Waals surface area (Å²) in [6, 6.07) is 0. The highest BCUT2D eigenvalue weighted by molar-refractivity contribution is 5.82. The number of rotatable bonds is 2. The Balaban J connectivity index is 2.73. The summed E-state index contributed by atoms with van der Waals surface area (Å²) in [5.74, 6) is -4.23. The van der Waals surface area contributed by atoms with Crippen molar-refractivity contribution < 1.29 is 27.9 Å². The molecule has 0 aliphatic carbocycles. The van der Waals surface area contributed by atoms with Crippen LogP contribution in [0.4, 0.5) is 13.2 Å². The van der Waals surface area contributed by atoms with E-state index in [4.69, 9.17) is 5.11 Å². The number of nitrogens with zero attached hydrogens (tertiary/aromatic N) is 1. The first-order valence-corrected chi connectivity index (χ1v) is 5.17. The van der Waals surface area contributed by atoms with Gasteiger partial charge in [-0.25, -0.2) is 0 Å². The highest BCUT2D eigenvalue weighted by Gasteiger charge is 2.48. The summed E-state index contributed by atoms with van der Waals surface area (Å²) in [4.78, 5) is 23.4. The van der Waals surface area contributed by atoms with Crippen molar-refractivity contribution in [3.8, 4) is 0 Å². The molecular formula is C10H14F3NO3. The zero-order valence-electron chi connectivity index (χ0n) is 9.54. The molecule has 4 nitrogen and oxygen atoms in total. The molecule has 1 amide bonds. The third-order valence-corrected chi connectivity index (χ3v) is 3.16. The lowest BCUT2D eigenvalue weighted by molar-refractivity contribution is -0.185. The van der Waals surface area contributed by atoms with Crippen LogP contribution in [0, 0.1) is 11.3 Å². The molecule has 7 heteroatoms. The number of carboxylic acids is 1. The minimum atomic E-state index is -4.58. The largest absolute Gasteiger partial charge is 0.481 e. The van der Waals surface area contributed by atoms with Gasteiger partial charge in [0.2, 0.25) is 5.91 Å². The molecule has 2 unspecified atom stereocenters. The first kappa shape index (κ1) is 13.8. The average Bonchev–Trinajstić information content (AvgIpc) is 2.59. The highest BCUT2D eigenvalue weighted by atomic mass is 19.4. The Kier molecular flexibility index (Phi) is 3.40. The molecule has 0 aromatic heterocycles. The molecule has 1 N–H and O–H groups in total. The van der Waals surface area contributed by atoms with Crippen LogP contribution in [-0.2, 0) is 9.59 Å². The van der Waals surface area contributed by atoms with Gasteiger partial charge in [-0.3, -0.25) is 9.59 Å². The lowest BCUT2D eigenvalue weighted by Crippen LogP contribution is -2.41. The first-order valence-electron chi connectivity index (χ1n) is 5.17. The quantitative estimate of drug-likeness (QED) is 0.811. The van der Waals surface area contributed by atoms with E-state index in [2.05, 4.69) is 0 Å². The molecule has 2 atom stereocenters. The van der Waals surface area contributed by atoms with Crippen molar-refractivity contribution in [1.29, 1.82) is 0 Å². The minimum absolute atomic E-state index is 0.0576. The first-order chi connectivity index (χ1) is 7.58. The summed E-state index contributed by atoms with van der Waals surface area (Å²) in [5.41, 5.74) is -1.14. The predicted molar refractivity (Wildman–Crippen MR) is 52.2 cm³/mol. The van der Waals surface area contributed by atoms with E-state index in [1.165, 1.54) is 6.92 Å². The van der Waals surface area contributed by atoms with Gasteiger partial charge in [-0.15, -0.1) is 0 Å². The number of carbonyl (C=O) groups is 2. The smallest absolute Gasteiger partial charge is 0.400 e. The van der Waals surface area contributed by atoms with Crippen molar-refractivity contribution in [3.05, 3.63) is 0 Å².